The van der Waals surface area contributed by atoms with E-state index < -0.39 is 5.91 Å². The first-order chi connectivity index (χ1) is 12.6. The highest BCUT2D eigenvalue weighted by Gasteiger charge is 2.09. The molecule has 0 saturated heterocycles. The van der Waals surface area contributed by atoms with Crippen LogP contribution < -0.4 is 10.9 Å². The number of benzene rings is 1. The lowest BCUT2D eigenvalue weighted by molar-refractivity contribution is 0.102. The first kappa shape index (κ1) is 15.6. The van der Waals surface area contributed by atoms with E-state index in [-0.39, 0.29) is 11.3 Å². The van der Waals surface area contributed by atoms with Crippen LogP contribution in [0.2, 0.25) is 0 Å². The number of rotatable bonds is 3. The summed E-state index contributed by atoms with van der Waals surface area (Å²) < 4.78 is 1.67. The van der Waals surface area contributed by atoms with Crippen molar-refractivity contribution in [3.8, 4) is 11.3 Å². The Kier molecular flexibility index (Phi) is 3.73. The molecule has 0 saturated carbocycles. The molecule has 9 heteroatoms. The van der Waals surface area contributed by atoms with Gasteiger partial charge in [0.2, 0.25) is 0 Å². The molecule has 0 fully saturated rings. The maximum absolute atomic E-state index is 12.1. The third-order valence-corrected chi connectivity index (χ3v) is 3.77. The molecule has 0 bridgehead atoms. The topological polar surface area (TPSA) is 118 Å². The molecule has 0 aliphatic carbocycles. The zero-order valence-electron chi connectivity index (χ0n) is 13.7. The second kappa shape index (κ2) is 6.20. The lowest BCUT2D eigenvalue weighted by atomic mass is 10.1. The Morgan fingerprint density at radius 1 is 1.04 bits per heavy atom. The molecule has 9 nitrogen and oxygen atoms in total. The van der Waals surface area contributed by atoms with Crippen molar-refractivity contribution >= 4 is 17.2 Å². The maximum Gasteiger partial charge on any atom is 0.276 e. The standard InChI is InChI=1S/C17H13N7O2/c1-10-19-21-15-8-6-13(23-24(10)15)11-2-4-12(5-3-11)18-17(26)14-7-9-16(25)22-20-14/h2-9H,1H3,(H,18,26)(H,22,25). The number of hydrogen-bond acceptors (Lipinski definition) is 6. The fourth-order valence-electron chi connectivity index (χ4n) is 2.44. The molecule has 0 aliphatic heterocycles. The van der Waals surface area contributed by atoms with Crippen LogP contribution in [0.4, 0.5) is 5.69 Å². The molecule has 2 N–H and O–H groups in total. The molecular formula is C17H13N7O2. The van der Waals surface area contributed by atoms with Crippen LogP contribution in [0.15, 0.2) is 53.3 Å². The van der Waals surface area contributed by atoms with Crippen LogP contribution in [0.25, 0.3) is 16.9 Å². The summed E-state index contributed by atoms with van der Waals surface area (Å²) in [6.45, 7) is 1.83. The predicted molar refractivity (Wildman–Crippen MR) is 93.8 cm³/mol. The van der Waals surface area contributed by atoms with E-state index in [9.17, 15) is 9.59 Å². The highest BCUT2D eigenvalue weighted by atomic mass is 16.2. The van der Waals surface area contributed by atoms with Gasteiger partial charge in [-0.1, -0.05) is 12.1 Å². The molecule has 1 amide bonds. The van der Waals surface area contributed by atoms with Gasteiger partial charge in [0.05, 0.1) is 5.69 Å². The van der Waals surface area contributed by atoms with Crippen LogP contribution in [0.1, 0.15) is 16.3 Å². The van der Waals surface area contributed by atoms with E-state index in [1.807, 2.05) is 31.2 Å². The SMILES string of the molecule is Cc1nnc2ccc(-c3ccc(NC(=O)c4ccc(=O)[nH]n4)cc3)nn12. The number of carbonyl (C=O) groups is 1. The van der Waals surface area contributed by atoms with Crippen molar-refractivity contribution in [1.29, 1.82) is 0 Å². The molecular weight excluding hydrogens is 334 g/mol. The number of hydrogen-bond donors (Lipinski definition) is 2. The van der Waals surface area contributed by atoms with Gasteiger partial charge in [0.15, 0.2) is 11.5 Å². The third kappa shape index (κ3) is 2.93. The third-order valence-electron chi connectivity index (χ3n) is 3.77. The number of anilines is 1. The minimum absolute atomic E-state index is 0.129. The number of aromatic nitrogens is 6. The molecule has 0 atom stereocenters. The van der Waals surface area contributed by atoms with Gasteiger partial charge in [0, 0.05) is 17.3 Å². The van der Waals surface area contributed by atoms with Crippen LogP contribution in [0, 0.1) is 6.92 Å². The van der Waals surface area contributed by atoms with E-state index in [1.54, 1.807) is 16.6 Å². The van der Waals surface area contributed by atoms with Gasteiger partial charge in [-0.05, 0) is 37.3 Å². The van der Waals surface area contributed by atoms with Crippen LogP contribution in [0.5, 0.6) is 0 Å². The average molecular weight is 347 g/mol. The molecule has 4 aromatic rings. The van der Waals surface area contributed by atoms with Gasteiger partial charge < -0.3 is 5.32 Å². The van der Waals surface area contributed by atoms with Gasteiger partial charge >= 0.3 is 0 Å². The molecule has 4 rings (SSSR count). The minimum atomic E-state index is -0.409. The molecule has 0 radical (unpaired) electrons. The average Bonchev–Trinajstić information content (AvgIpc) is 3.03. The molecule has 1 aromatic carbocycles. The lowest BCUT2D eigenvalue weighted by Gasteiger charge is -2.06. The van der Waals surface area contributed by atoms with E-state index in [0.717, 1.165) is 11.3 Å². The molecule has 0 aliphatic rings. The van der Waals surface area contributed by atoms with Gasteiger partial charge in [0.25, 0.3) is 11.5 Å². The fourth-order valence-corrected chi connectivity index (χ4v) is 2.44. The first-order valence-corrected chi connectivity index (χ1v) is 7.77. The normalized spacial score (nSPS) is 10.8. The smallest absolute Gasteiger partial charge is 0.276 e. The second-order valence-corrected chi connectivity index (χ2v) is 5.57. The number of fused-ring (bicyclic) bond motifs is 1. The highest BCUT2D eigenvalue weighted by molar-refractivity contribution is 6.02. The van der Waals surface area contributed by atoms with E-state index in [0.29, 0.717) is 17.2 Å². The summed E-state index contributed by atoms with van der Waals surface area (Å²) in [5.74, 6) is 0.299. The van der Waals surface area contributed by atoms with Crippen LogP contribution in [0.3, 0.4) is 0 Å². The highest BCUT2D eigenvalue weighted by Crippen LogP contribution is 2.20. The van der Waals surface area contributed by atoms with E-state index in [4.69, 9.17) is 0 Å². The Morgan fingerprint density at radius 2 is 1.85 bits per heavy atom. The summed E-state index contributed by atoms with van der Waals surface area (Å²) in [4.78, 5) is 23.1. The zero-order chi connectivity index (χ0) is 18.1. The summed E-state index contributed by atoms with van der Waals surface area (Å²) in [5, 5.41) is 21.2. The van der Waals surface area contributed by atoms with Crippen molar-refractivity contribution in [3.05, 3.63) is 70.4 Å². The quantitative estimate of drug-likeness (QED) is 0.579. The number of aryl methyl sites for hydroxylation is 1. The minimum Gasteiger partial charge on any atom is -0.321 e. The van der Waals surface area contributed by atoms with Gasteiger partial charge in [-0.3, -0.25) is 9.59 Å². The molecule has 3 heterocycles. The van der Waals surface area contributed by atoms with Crippen molar-refractivity contribution in [1.82, 2.24) is 30.0 Å². The van der Waals surface area contributed by atoms with E-state index >= 15 is 0 Å². The number of amides is 1. The van der Waals surface area contributed by atoms with Crippen molar-refractivity contribution in [2.75, 3.05) is 5.32 Å². The van der Waals surface area contributed by atoms with Crippen molar-refractivity contribution < 1.29 is 4.79 Å². The Morgan fingerprint density at radius 3 is 2.58 bits per heavy atom. The second-order valence-electron chi connectivity index (χ2n) is 5.57. The summed E-state index contributed by atoms with van der Waals surface area (Å²) in [6, 6.07) is 13.6. The van der Waals surface area contributed by atoms with Crippen molar-refractivity contribution in [3.63, 3.8) is 0 Å². The molecule has 3 aromatic heterocycles. The predicted octanol–water partition coefficient (Wildman–Crippen LogP) is 1.44. The van der Waals surface area contributed by atoms with E-state index in [1.165, 1.54) is 12.1 Å². The van der Waals surface area contributed by atoms with E-state index in [2.05, 4.69) is 30.8 Å². The van der Waals surface area contributed by atoms with Crippen molar-refractivity contribution in [2.45, 2.75) is 6.92 Å². The summed E-state index contributed by atoms with van der Waals surface area (Å²) in [7, 11) is 0. The number of carbonyl (C=O) groups excluding carboxylic acids is 1. The molecule has 0 spiro atoms. The van der Waals surface area contributed by atoms with Crippen LogP contribution in [-0.4, -0.2) is 35.9 Å². The van der Waals surface area contributed by atoms with Crippen molar-refractivity contribution in [2.24, 2.45) is 0 Å². The monoisotopic (exact) mass is 347 g/mol. The Bertz CT molecular complexity index is 1140. The fraction of sp³-hybridized carbons (Fsp3) is 0.0588. The van der Waals surface area contributed by atoms with Gasteiger partial charge in [-0.15, -0.1) is 10.2 Å². The number of H-pyrrole nitrogens is 1. The number of aromatic amines is 1. The molecule has 26 heavy (non-hydrogen) atoms. The van der Waals surface area contributed by atoms with Gasteiger partial charge in [-0.25, -0.2) is 5.10 Å². The van der Waals surface area contributed by atoms with Crippen LogP contribution >= 0.6 is 0 Å². The van der Waals surface area contributed by atoms with Gasteiger partial charge in [-0.2, -0.15) is 14.7 Å². The largest absolute Gasteiger partial charge is 0.321 e. The lowest BCUT2D eigenvalue weighted by Crippen LogP contribution is -2.17. The maximum atomic E-state index is 12.1. The summed E-state index contributed by atoms with van der Waals surface area (Å²) >= 11 is 0. The Balaban J connectivity index is 1.55. The first-order valence-electron chi connectivity index (χ1n) is 7.77. The number of nitrogens with zero attached hydrogens (tertiary/aromatic N) is 5. The Hall–Kier alpha value is -3.88. The summed E-state index contributed by atoms with van der Waals surface area (Å²) in [5.41, 5.74) is 2.71. The van der Waals surface area contributed by atoms with Gasteiger partial charge in [0.1, 0.15) is 5.69 Å². The summed E-state index contributed by atoms with van der Waals surface area (Å²) in [6.07, 6.45) is 0. The zero-order valence-corrected chi connectivity index (χ0v) is 13.7. The molecule has 0 unspecified atom stereocenters. The Labute approximate surface area is 146 Å². The number of nitrogens with one attached hydrogen (secondary N) is 2. The molecule has 128 valence electrons. The van der Waals surface area contributed by atoms with Crippen LogP contribution in [-0.2, 0) is 0 Å².